The summed E-state index contributed by atoms with van der Waals surface area (Å²) >= 11 is 0. The number of carbonyl (C=O) groups is 2. The first kappa shape index (κ1) is 20.0. The first-order valence-electron chi connectivity index (χ1n) is 11.3. The van der Waals surface area contributed by atoms with Crippen molar-refractivity contribution >= 4 is 28.3 Å². The number of piperidine rings is 1. The molecule has 5 heteroatoms. The molecule has 3 aromatic rings. The van der Waals surface area contributed by atoms with Crippen LogP contribution in [0.15, 0.2) is 53.1 Å². The van der Waals surface area contributed by atoms with Gasteiger partial charge in [-0.3, -0.25) is 9.59 Å². The minimum absolute atomic E-state index is 0.0346. The minimum atomic E-state index is -0.214. The molecule has 1 aromatic heterocycles. The fourth-order valence-electron chi connectivity index (χ4n) is 5.19. The summed E-state index contributed by atoms with van der Waals surface area (Å²) in [5.41, 5.74) is 3.91. The molecule has 0 radical (unpaired) electrons. The standard InChI is InChI=1S/C26H28N2O3/c1-2-24(29)18-5-3-6-19(13-18)26(30)27-20-8-9-25-22(15-20)23(16-31-25)17-10-12-28-11-4-7-21(28)14-17/h3,5-6,8-9,13,15-17,21H,2,4,7,10-12,14H2,1H3,(H,27,30). The number of nitrogens with zero attached hydrogens (tertiary/aromatic N) is 1. The molecular formula is C26H28N2O3. The van der Waals surface area contributed by atoms with Crippen molar-refractivity contribution in [1.29, 1.82) is 0 Å². The average Bonchev–Trinajstić information content (AvgIpc) is 3.44. The number of benzene rings is 2. The van der Waals surface area contributed by atoms with Crippen LogP contribution in [-0.2, 0) is 0 Å². The summed E-state index contributed by atoms with van der Waals surface area (Å²) in [6, 6.07) is 13.4. The number of hydrogen-bond acceptors (Lipinski definition) is 4. The van der Waals surface area contributed by atoms with Crippen LogP contribution in [0.2, 0.25) is 0 Å². The van der Waals surface area contributed by atoms with Gasteiger partial charge in [0.2, 0.25) is 0 Å². The lowest BCUT2D eigenvalue weighted by Crippen LogP contribution is -2.37. The molecule has 160 valence electrons. The molecule has 1 amide bonds. The summed E-state index contributed by atoms with van der Waals surface area (Å²) in [7, 11) is 0. The van der Waals surface area contributed by atoms with E-state index in [9.17, 15) is 9.59 Å². The number of anilines is 1. The van der Waals surface area contributed by atoms with E-state index in [0.29, 0.717) is 29.5 Å². The minimum Gasteiger partial charge on any atom is -0.464 e. The summed E-state index contributed by atoms with van der Waals surface area (Å²) < 4.78 is 5.85. The number of furan rings is 1. The van der Waals surface area contributed by atoms with Crippen LogP contribution >= 0.6 is 0 Å². The Bertz CT molecular complexity index is 1130. The molecule has 3 heterocycles. The van der Waals surface area contributed by atoms with Crippen molar-refractivity contribution in [3.63, 3.8) is 0 Å². The Morgan fingerprint density at radius 1 is 1.10 bits per heavy atom. The summed E-state index contributed by atoms with van der Waals surface area (Å²) in [5, 5.41) is 4.08. The molecule has 2 saturated heterocycles. The fraction of sp³-hybridized carbons (Fsp3) is 0.385. The SMILES string of the molecule is CCC(=O)c1cccc(C(=O)Nc2ccc3occ(C4CCN5CCCC5C4)c3c2)c1. The molecule has 2 unspecified atom stereocenters. The van der Waals surface area contributed by atoms with E-state index in [1.165, 1.54) is 31.4 Å². The van der Waals surface area contributed by atoms with Crippen molar-refractivity contribution in [3.05, 3.63) is 65.4 Å². The number of nitrogens with one attached hydrogen (secondary N) is 1. The average molecular weight is 417 g/mol. The van der Waals surface area contributed by atoms with E-state index in [-0.39, 0.29) is 11.7 Å². The van der Waals surface area contributed by atoms with Crippen molar-refractivity contribution in [3.8, 4) is 0 Å². The Balaban J connectivity index is 1.37. The molecule has 2 fully saturated rings. The second-order valence-electron chi connectivity index (χ2n) is 8.77. The van der Waals surface area contributed by atoms with Gasteiger partial charge in [-0.25, -0.2) is 0 Å². The Labute approximate surface area is 182 Å². The van der Waals surface area contributed by atoms with Crippen LogP contribution in [0.25, 0.3) is 11.0 Å². The molecule has 0 spiro atoms. The third-order valence-electron chi connectivity index (χ3n) is 6.89. The number of carbonyl (C=O) groups excluding carboxylic acids is 2. The van der Waals surface area contributed by atoms with Crippen LogP contribution in [0.3, 0.4) is 0 Å². The third kappa shape index (κ3) is 3.90. The molecule has 5 nitrogen and oxygen atoms in total. The highest BCUT2D eigenvalue weighted by molar-refractivity contribution is 6.07. The fourth-order valence-corrected chi connectivity index (χ4v) is 5.19. The molecule has 5 rings (SSSR count). The molecule has 1 N–H and O–H groups in total. The van der Waals surface area contributed by atoms with Crippen molar-refractivity contribution in [2.75, 3.05) is 18.4 Å². The van der Waals surface area contributed by atoms with E-state index in [1.807, 2.05) is 31.4 Å². The van der Waals surface area contributed by atoms with Crippen LogP contribution in [0, 0.1) is 0 Å². The number of ketones is 1. The van der Waals surface area contributed by atoms with Gasteiger partial charge < -0.3 is 14.6 Å². The van der Waals surface area contributed by atoms with Crippen LogP contribution in [0.5, 0.6) is 0 Å². The molecular weight excluding hydrogens is 388 g/mol. The first-order chi connectivity index (χ1) is 15.1. The van der Waals surface area contributed by atoms with Gasteiger partial charge in [-0.2, -0.15) is 0 Å². The van der Waals surface area contributed by atoms with Crippen molar-refractivity contribution in [2.24, 2.45) is 0 Å². The first-order valence-corrected chi connectivity index (χ1v) is 11.3. The lowest BCUT2D eigenvalue weighted by atomic mass is 9.85. The van der Waals surface area contributed by atoms with Crippen molar-refractivity contribution < 1.29 is 14.0 Å². The molecule has 0 saturated carbocycles. The molecule has 0 bridgehead atoms. The molecule has 31 heavy (non-hydrogen) atoms. The summed E-state index contributed by atoms with van der Waals surface area (Å²) in [6.07, 6.45) is 7.28. The van der Waals surface area contributed by atoms with Gasteiger partial charge in [0, 0.05) is 40.2 Å². The van der Waals surface area contributed by atoms with E-state index in [1.54, 1.807) is 24.3 Å². The van der Waals surface area contributed by atoms with Gasteiger partial charge >= 0.3 is 0 Å². The van der Waals surface area contributed by atoms with Crippen LogP contribution in [0.1, 0.15) is 71.2 Å². The summed E-state index contributed by atoms with van der Waals surface area (Å²) in [4.78, 5) is 27.4. The second-order valence-corrected chi connectivity index (χ2v) is 8.77. The van der Waals surface area contributed by atoms with Gasteiger partial charge in [-0.15, -0.1) is 0 Å². The quantitative estimate of drug-likeness (QED) is 0.548. The van der Waals surface area contributed by atoms with E-state index < -0.39 is 0 Å². The largest absolute Gasteiger partial charge is 0.464 e. The number of hydrogen-bond donors (Lipinski definition) is 1. The normalized spacial score (nSPS) is 21.2. The Kier molecular flexibility index (Phi) is 5.36. The van der Waals surface area contributed by atoms with Gasteiger partial charge in [0.1, 0.15) is 5.58 Å². The molecule has 0 aliphatic carbocycles. The smallest absolute Gasteiger partial charge is 0.255 e. The zero-order valence-corrected chi connectivity index (χ0v) is 17.9. The maximum atomic E-state index is 12.8. The third-order valence-corrected chi connectivity index (χ3v) is 6.89. The Morgan fingerprint density at radius 2 is 1.97 bits per heavy atom. The summed E-state index contributed by atoms with van der Waals surface area (Å²) in [5.74, 6) is 0.324. The van der Waals surface area contributed by atoms with E-state index in [0.717, 1.165) is 29.6 Å². The van der Waals surface area contributed by atoms with Crippen LogP contribution in [0.4, 0.5) is 5.69 Å². The second kappa shape index (κ2) is 8.31. The van der Waals surface area contributed by atoms with Gasteiger partial charge in [0.15, 0.2) is 5.78 Å². The van der Waals surface area contributed by atoms with Crippen LogP contribution < -0.4 is 5.32 Å². The van der Waals surface area contributed by atoms with Crippen molar-refractivity contribution in [2.45, 2.75) is 51.0 Å². The monoisotopic (exact) mass is 416 g/mol. The van der Waals surface area contributed by atoms with Gasteiger partial charge in [-0.05, 0) is 75.0 Å². The van der Waals surface area contributed by atoms with E-state index >= 15 is 0 Å². The molecule has 2 aliphatic rings. The molecule has 2 aromatic carbocycles. The van der Waals surface area contributed by atoms with Crippen molar-refractivity contribution in [1.82, 2.24) is 4.90 Å². The zero-order valence-electron chi connectivity index (χ0n) is 17.9. The maximum Gasteiger partial charge on any atom is 0.255 e. The Hall–Kier alpha value is -2.92. The number of amides is 1. The van der Waals surface area contributed by atoms with E-state index in [2.05, 4.69) is 10.2 Å². The van der Waals surface area contributed by atoms with Gasteiger partial charge in [0.25, 0.3) is 5.91 Å². The topological polar surface area (TPSA) is 62.6 Å². The van der Waals surface area contributed by atoms with Gasteiger partial charge in [-0.1, -0.05) is 19.1 Å². The lowest BCUT2D eigenvalue weighted by Gasteiger charge is -2.34. The number of Topliss-reactive ketones (excluding diaryl/α,β-unsaturated/α-hetero) is 1. The summed E-state index contributed by atoms with van der Waals surface area (Å²) in [6.45, 7) is 4.22. The lowest BCUT2D eigenvalue weighted by molar-refractivity contribution is 0.0988. The number of fused-ring (bicyclic) bond motifs is 2. The highest BCUT2D eigenvalue weighted by atomic mass is 16.3. The van der Waals surface area contributed by atoms with E-state index in [4.69, 9.17) is 4.42 Å². The molecule has 2 atom stereocenters. The highest BCUT2D eigenvalue weighted by Crippen LogP contribution is 2.40. The Morgan fingerprint density at radius 3 is 2.84 bits per heavy atom. The predicted molar refractivity (Wildman–Crippen MR) is 122 cm³/mol. The zero-order chi connectivity index (χ0) is 21.4. The highest BCUT2D eigenvalue weighted by Gasteiger charge is 2.33. The maximum absolute atomic E-state index is 12.8. The predicted octanol–water partition coefficient (Wildman–Crippen LogP) is 5.62. The molecule has 2 aliphatic heterocycles. The number of rotatable bonds is 5. The van der Waals surface area contributed by atoms with Gasteiger partial charge in [0.05, 0.1) is 6.26 Å². The van der Waals surface area contributed by atoms with Crippen LogP contribution in [-0.4, -0.2) is 35.7 Å².